The number of alkyl halides is 2. The van der Waals surface area contributed by atoms with E-state index in [1.54, 1.807) is 66.4 Å². The van der Waals surface area contributed by atoms with Crippen LogP contribution in [-0.4, -0.2) is 95.6 Å². The largest absolute Gasteiger partial charge is 0.466 e. The van der Waals surface area contributed by atoms with Crippen LogP contribution in [0.1, 0.15) is 107 Å². The van der Waals surface area contributed by atoms with Gasteiger partial charge in [-0.25, -0.2) is 4.79 Å². The first-order valence-electron chi connectivity index (χ1n) is 24.1. The van der Waals surface area contributed by atoms with E-state index in [1.807, 2.05) is 13.8 Å². The molecule has 0 aliphatic carbocycles. The van der Waals surface area contributed by atoms with Gasteiger partial charge in [0.15, 0.2) is 12.1 Å². The van der Waals surface area contributed by atoms with Gasteiger partial charge >= 0.3 is 24.0 Å². The second-order valence-electron chi connectivity index (χ2n) is 17.7. The van der Waals surface area contributed by atoms with Crippen LogP contribution in [0.25, 0.3) is 0 Å². The Morgan fingerprint density at radius 1 is 0.845 bits per heavy atom. The van der Waals surface area contributed by atoms with Gasteiger partial charge in [0.05, 0.1) is 25.7 Å². The van der Waals surface area contributed by atoms with Crippen molar-refractivity contribution in [1.29, 1.82) is 0 Å². The lowest BCUT2D eigenvalue weighted by Crippen LogP contribution is -2.53. The van der Waals surface area contributed by atoms with Crippen LogP contribution in [0.2, 0.25) is 0 Å². The topological polar surface area (TPSA) is 254 Å². The van der Waals surface area contributed by atoms with Crippen molar-refractivity contribution in [2.24, 2.45) is 22.4 Å². The molecule has 0 radical (unpaired) electrons. The highest BCUT2D eigenvalue weighted by Crippen LogP contribution is 2.35. The van der Waals surface area contributed by atoms with Crippen molar-refractivity contribution in [2.75, 3.05) is 25.0 Å². The minimum absolute atomic E-state index is 0.0496. The number of carbonyl (C=O) groups is 6. The fourth-order valence-electron chi connectivity index (χ4n) is 7.78. The van der Waals surface area contributed by atoms with Crippen LogP contribution in [0.15, 0.2) is 96.0 Å². The maximum absolute atomic E-state index is 16.1. The molecule has 1 fully saturated rings. The van der Waals surface area contributed by atoms with Gasteiger partial charge in [-0.05, 0) is 86.3 Å². The highest BCUT2D eigenvalue weighted by atomic mass is 19.3. The molecule has 17 nitrogen and oxygen atoms in total. The molecule has 0 unspecified atom stereocenters. The number of hydrogen-bond acceptors (Lipinski definition) is 11. The predicted octanol–water partition coefficient (Wildman–Crippen LogP) is 6.30. The SMILES string of the molecule is CCOC(=O)CCCCCCN1C(=O)CC[C@@H]1/C=C/[C@@H](OC(=O)Cc1ccc(COC(=O)N[C@@H](CC(C)C)C(=O)N[C@@H](CCCN=C(N)N)C(=O)Nc2ccc(CO)cc2)cc1)C(F)(F)c1ccccc1. The van der Waals surface area contributed by atoms with Gasteiger partial charge in [-0.15, -0.1) is 0 Å². The molecule has 1 heterocycles. The number of benzene rings is 3. The number of esters is 2. The number of nitrogens with two attached hydrogens (primary N) is 2. The minimum Gasteiger partial charge on any atom is -0.466 e. The molecule has 386 valence electrons. The number of rotatable bonds is 29. The van der Waals surface area contributed by atoms with Crippen molar-refractivity contribution in [3.8, 4) is 0 Å². The molecule has 71 heavy (non-hydrogen) atoms. The zero-order valence-corrected chi connectivity index (χ0v) is 40.8. The zero-order chi connectivity index (χ0) is 51.8. The number of hydrogen-bond donors (Lipinski definition) is 6. The molecule has 1 aliphatic rings. The molecule has 0 saturated carbocycles. The Hall–Kier alpha value is -6.89. The fraction of sp³-hybridized carbons (Fsp3) is 0.481. The van der Waals surface area contributed by atoms with E-state index >= 15 is 8.78 Å². The number of alkyl carbamates (subject to hydrolysis) is 1. The average Bonchev–Trinajstić information content (AvgIpc) is 3.69. The molecule has 3 aromatic rings. The quantitative estimate of drug-likeness (QED) is 0.0112. The number of nitrogens with one attached hydrogen (secondary N) is 3. The summed E-state index contributed by atoms with van der Waals surface area (Å²) >= 11 is 0. The van der Waals surface area contributed by atoms with Crippen molar-refractivity contribution in [1.82, 2.24) is 15.5 Å². The Morgan fingerprint density at radius 3 is 2.18 bits per heavy atom. The van der Waals surface area contributed by atoms with Gasteiger partial charge < -0.3 is 51.6 Å². The summed E-state index contributed by atoms with van der Waals surface area (Å²) in [4.78, 5) is 83.5. The van der Waals surface area contributed by atoms with E-state index in [1.165, 1.54) is 30.3 Å². The highest BCUT2D eigenvalue weighted by molar-refractivity contribution is 5.98. The van der Waals surface area contributed by atoms with Crippen molar-refractivity contribution < 1.29 is 56.9 Å². The van der Waals surface area contributed by atoms with Gasteiger partial charge in [-0.1, -0.05) is 99.5 Å². The molecule has 19 heteroatoms. The first kappa shape index (κ1) is 56.7. The summed E-state index contributed by atoms with van der Waals surface area (Å²) in [5, 5.41) is 17.5. The van der Waals surface area contributed by atoms with Gasteiger partial charge in [-0.3, -0.25) is 29.0 Å². The van der Waals surface area contributed by atoms with Crippen molar-refractivity contribution in [3.63, 3.8) is 0 Å². The van der Waals surface area contributed by atoms with Crippen LogP contribution < -0.4 is 27.4 Å². The zero-order valence-electron chi connectivity index (χ0n) is 40.8. The molecule has 0 spiro atoms. The molecular formula is C52H69F2N7O10. The van der Waals surface area contributed by atoms with Crippen LogP contribution in [0.3, 0.4) is 0 Å². The first-order chi connectivity index (χ1) is 34.0. The second-order valence-corrected chi connectivity index (χ2v) is 17.7. The third-order valence-corrected chi connectivity index (χ3v) is 11.5. The Morgan fingerprint density at radius 2 is 1.52 bits per heavy atom. The number of anilines is 1. The molecule has 4 rings (SSSR count). The van der Waals surface area contributed by atoms with E-state index in [0.29, 0.717) is 67.6 Å². The lowest BCUT2D eigenvalue weighted by Gasteiger charge is -2.27. The number of aliphatic hydroxyl groups is 1. The number of guanidine groups is 1. The lowest BCUT2D eigenvalue weighted by atomic mass is 10.0. The van der Waals surface area contributed by atoms with Crippen LogP contribution in [0, 0.1) is 5.92 Å². The summed E-state index contributed by atoms with van der Waals surface area (Å²) in [6.45, 7) is 6.05. The van der Waals surface area contributed by atoms with Gasteiger partial charge in [0, 0.05) is 37.2 Å². The second kappa shape index (κ2) is 29.3. The number of unbranched alkanes of at least 4 members (excludes halogenated alkanes) is 3. The van der Waals surface area contributed by atoms with E-state index in [0.717, 1.165) is 18.9 Å². The van der Waals surface area contributed by atoms with E-state index in [4.69, 9.17) is 25.7 Å². The summed E-state index contributed by atoms with van der Waals surface area (Å²) < 4.78 is 48.1. The number of amides is 4. The molecule has 1 saturated heterocycles. The molecule has 4 amide bonds. The van der Waals surface area contributed by atoms with Crippen molar-refractivity contribution in [2.45, 2.75) is 135 Å². The molecular weight excluding hydrogens is 921 g/mol. The maximum Gasteiger partial charge on any atom is 0.408 e. The minimum atomic E-state index is -3.61. The normalized spacial score (nSPS) is 14.9. The number of likely N-dealkylation sites (tertiary alicyclic amines) is 1. The third-order valence-electron chi connectivity index (χ3n) is 11.5. The van der Waals surface area contributed by atoms with Gasteiger partial charge in [-0.2, -0.15) is 8.78 Å². The molecule has 3 aromatic carbocycles. The van der Waals surface area contributed by atoms with Crippen LogP contribution in [0.4, 0.5) is 19.3 Å². The summed E-state index contributed by atoms with van der Waals surface area (Å²) in [5.74, 6) is -6.17. The Bertz CT molecular complexity index is 2240. The molecule has 4 atom stereocenters. The molecule has 8 N–H and O–H groups in total. The molecule has 1 aliphatic heterocycles. The maximum atomic E-state index is 16.1. The standard InChI is InChI=1S/C52H69F2N7O10/c1-4-69-46(64)16-10-5-6-11-30-61-41(26-28-45(61)63)25-27-44(52(53,54)39-13-8-7-9-14-39)71-47(65)32-36-17-19-38(20-18-36)34-70-51(68)60-43(31-35(2)3)49(67)59-42(15-12-29-57-50(55)56)48(66)58-40-23-21-37(33-62)22-24-40/h7-9,13-14,17-25,27,35,41-44,62H,4-6,10-12,15-16,26,28-34H2,1-3H3,(H,58,66)(H,59,67)(H,60,68)(H4,55,56,57)/b27-25+/t41-,42-,43-,44+/m0/s1. The van der Waals surface area contributed by atoms with Crippen LogP contribution in [-0.2, 0) is 63.7 Å². The van der Waals surface area contributed by atoms with Crippen LogP contribution >= 0.6 is 0 Å². The monoisotopic (exact) mass is 990 g/mol. The lowest BCUT2D eigenvalue weighted by molar-refractivity contribution is -0.167. The van der Waals surface area contributed by atoms with Crippen molar-refractivity contribution in [3.05, 3.63) is 113 Å². The Balaban J connectivity index is 1.35. The van der Waals surface area contributed by atoms with Gasteiger partial charge in [0.25, 0.3) is 0 Å². The Kier molecular flexibility index (Phi) is 23.4. The summed E-state index contributed by atoms with van der Waals surface area (Å²) in [6.07, 6.45) is 4.07. The first-order valence-corrected chi connectivity index (χ1v) is 24.1. The third kappa shape index (κ3) is 19.8. The summed E-state index contributed by atoms with van der Waals surface area (Å²) in [5.41, 5.74) is 12.6. The van der Waals surface area contributed by atoms with Crippen LogP contribution in [0.5, 0.6) is 0 Å². The van der Waals surface area contributed by atoms with Gasteiger partial charge in [0.2, 0.25) is 17.7 Å². The van der Waals surface area contributed by atoms with E-state index < -0.39 is 54.0 Å². The number of aliphatic hydroxyl groups excluding tert-OH is 1. The van der Waals surface area contributed by atoms with E-state index in [9.17, 15) is 33.9 Å². The highest BCUT2D eigenvalue weighted by Gasteiger charge is 2.43. The number of carbonyl (C=O) groups excluding carboxylic acids is 6. The number of nitrogens with zero attached hydrogens (tertiary/aromatic N) is 2. The molecule has 0 aromatic heterocycles. The number of halogens is 2. The predicted molar refractivity (Wildman–Crippen MR) is 263 cm³/mol. The molecule has 0 bridgehead atoms. The smallest absolute Gasteiger partial charge is 0.408 e. The van der Waals surface area contributed by atoms with Gasteiger partial charge in [0.1, 0.15) is 18.7 Å². The fourth-order valence-corrected chi connectivity index (χ4v) is 7.78. The van der Waals surface area contributed by atoms with Crippen molar-refractivity contribution >= 4 is 47.4 Å². The number of aliphatic imine (C=N–C) groups is 1. The number of ether oxygens (including phenoxy) is 3. The Labute approximate surface area is 414 Å². The summed E-state index contributed by atoms with van der Waals surface area (Å²) in [7, 11) is 0. The average molecular weight is 990 g/mol. The van der Waals surface area contributed by atoms with E-state index in [2.05, 4.69) is 20.9 Å². The van der Waals surface area contributed by atoms with E-state index in [-0.39, 0.29) is 74.8 Å². The summed E-state index contributed by atoms with van der Waals surface area (Å²) in [6, 6.07) is 17.4.